The summed E-state index contributed by atoms with van der Waals surface area (Å²) < 4.78 is 0. The zero-order valence-electron chi connectivity index (χ0n) is 15.9. The van der Waals surface area contributed by atoms with E-state index in [0.29, 0.717) is 19.1 Å². The number of piperidine rings is 1. The number of likely N-dealkylation sites (tertiary alicyclic amines) is 1. The molecule has 0 atom stereocenters. The maximum atomic E-state index is 11.5. The summed E-state index contributed by atoms with van der Waals surface area (Å²) in [7, 11) is 1.68. The maximum Gasteiger partial charge on any atom is 0.233 e. The van der Waals surface area contributed by atoms with Gasteiger partial charge in [-0.25, -0.2) is 9.98 Å². The highest BCUT2D eigenvalue weighted by Gasteiger charge is 2.21. The number of nitrogens with one attached hydrogen (secondary N) is 3. The van der Waals surface area contributed by atoms with Crippen LogP contribution < -0.4 is 16.0 Å². The first kappa shape index (κ1) is 23.1. The molecule has 0 aromatic carbocycles. The number of aryl methyl sites for hydroxylation is 1. The Morgan fingerprint density at radius 1 is 1.38 bits per heavy atom. The molecule has 2 heterocycles. The number of hydrogen-bond donors (Lipinski definition) is 3. The normalized spacial score (nSPS) is 16.0. The van der Waals surface area contributed by atoms with Gasteiger partial charge in [0.2, 0.25) is 5.91 Å². The van der Waals surface area contributed by atoms with Crippen molar-refractivity contribution in [1.29, 1.82) is 0 Å². The fourth-order valence-electron chi connectivity index (χ4n) is 2.77. The summed E-state index contributed by atoms with van der Waals surface area (Å²) in [6, 6.07) is 0.389. The van der Waals surface area contributed by atoms with Gasteiger partial charge < -0.3 is 16.0 Å². The number of carbonyl (C=O) groups is 1. The summed E-state index contributed by atoms with van der Waals surface area (Å²) in [4.78, 5) is 22.9. The van der Waals surface area contributed by atoms with E-state index >= 15 is 0 Å². The lowest BCUT2D eigenvalue weighted by molar-refractivity contribution is -0.122. The molecule has 0 unspecified atom stereocenters. The van der Waals surface area contributed by atoms with Crippen molar-refractivity contribution in [3.8, 4) is 0 Å². The quantitative estimate of drug-likeness (QED) is 0.305. The summed E-state index contributed by atoms with van der Waals surface area (Å²) in [5.74, 6) is 0.925. The molecule has 2 rings (SSSR count). The average Bonchev–Trinajstić information content (AvgIpc) is 3.09. The number of thiazole rings is 1. The third kappa shape index (κ3) is 7.75. The third-order valence-corrected chi connectivity index (χ3v) is 5.26. The van der Waals surface area contributed by atoms with Gasteiger partial charge in [0.1, 0.15) is 0 Å². The lowest BCUT2D eigenvalue weighted by Crippen LogP contribution is -2.50. The van der Waals surface area contributed by atoms with Gasteiger partial charge in [0.25, 0.3) is 0 Å². The number of guanidine groups is 1. The minimum atomic E-state index is 0. The Labute approximate surface area is 177 Å². The Bertz CT molecular complexity index is 571. The van der Waals surface area contributed by atoms with Crippen molar-refractivity contribution in [1.82, 2.24) is 25.8 Å². The van der Waals surface area contributed by atoms with E-state index in [0.717, 1.165) is 55.6 Å². The molecular formula is C17H31IN6OS. The molecule has 1 fully saturated rings. The molecule has 1 aromatic rings. The predicted octanol–water partition coefficient (Wildman–Crippen LogP) is 1.59. The first-order chi connectivity index (χ1) is 12.1. The zero-order chi connectivity index (χ0) is 18.1. The van der Waals surface area contributed by atoms with Crippen LogP contribution in [0.3, 0.4) is 0 Å². The highest BCUT2D eigenvalue weighted by atomic mass is 127. The summed E-state index contributed by atoms with van der Waals surface area (Å²) in [5.41, 5.74) is 1.03. The van der Waals surface area contributed by atoms with Gasteiger partial charge in [-0.3, -0.25) is 9.69 Å². The minimum absolute atomic E-state index is 0. The predicted molar refractivity (Wildman–Crippen MR) is 118 cm³/mol. The number of likely N-dealkylation sites (N-methyl/N-ethyl adjacent to an activating group) is 1. The number of amides is 1. The summed E-state index contributed by atoms with van der Waals surface area (Å²) >= 11 is 1.70. The van der Waals surface area contributed by atoms with Gasteiger partial charge in [0.05, 0.1) is 23.8 Å². The van der Waals surface area contributed by atoms with Crippen molar-refractivity contribution in [2.45, 2.75) is 45.7 Å². The number of aromatic nitrogens is 1. The SMILES string of the molecule is CCNC(=NCc1csc(CC)n1)NC1CCN(CC(=O)NC)CC1.I. The van der Waals surface area contributed by atoms with E-state index in [-0.39, 0.29) is 29.9 Å². The minimum Gasteiger partial charge on any atom is -0.358 e. The number of carbonyl (C=O) groups excluding carboxylic acids is 1. The van der Waals surface area contributed by atoms with E-state index in [2.05, 4.69) is 50.1 Å². The Morgan fingerprint density at radius 3 is 2.69 bits per heavy atom. The number of halogens is 1. The first-order valence-electron chi connectivity index (χ1n) is 9.05. The van der Waals surface area contributed by atoms with E-state index in [4.69, 9.17) is 0 Å². The van der Waals surface area contributed by atoms with Crippen molar-refractivity contribution >= 4 is 47.2 Å². The van der Waals surface area contributed by atoms with Crippen molar-refractivity contribution < 1.29 is 4.79 Å². The van der Waals surface area contributed by atoms with E-state index in [1.165, 1.54) is 0 Å². The zero-order valence-corrected chi connectivity index (χ0v) is 19.0. The van der Waals surface area contributed by atoms with E-state index in [1.807, 2.05) is 0 Å². The topological polar surface area (TPSA) is 81.7 Å². The molecule has 1 aromatic heterocycles. The second-order valence-electron chi connectivity index (χ2n) is 6.15. The molecule has 7 nitrogen and oxygen atoms in total. The summed E-state index contributed by atoms with van der Waals surface area (Å²) in [6.07, 6.45) is 3.00. The van der Waals surface area contributed by atoms with Gasteiger partial charge in [0.15, 0.2) is 5.96 Å². The lowest BCUT2D eigenvalue weighted by Gasteiger charge is -2.32. The van der Waals surface area contributed by atoms with Crippen LogP contribution in [0, 0.1) is 0 Å². The van der Waals surface area contributed by atoms with Crippen molar-refractivity contribution in [2.75, 3.05) is 33.2 Å². The highest BCUT2D eigenvalue weighted by molar-refractivity contribution is 14.0. The standard InChI is InChI=1S/C17H30N6OS.HI/c1-4-16-21-14(12-25-16)10-20-17(19-5-2)22-13-6-8-23(9-7-13)11-15(24)18-3;/h12-13H,4-11H2,1-3H3,(H,18,24)(H2,19,20,22);1H. The number of aliphatic imine (C=N–C) groups is 1. The van der Waals surface area contributed by atoms with Crippen LogP contribution in [0.1, 0.15) is 37.4 Å². The van der Waals surface area contributed by atoms with Crippen LogP contribution in [-0.2, 0) is 17.8 Å². The maximum absolute atomic E-state index is 11.5. The van der Waals surface area contributed by atoms with Crippen LogP contribution in [0.4, 0.5) is 0 Å². The van der Waals surface area contributed by atoms with Crippen molar-refractivity contribution in [3.63, 3.8) is 0 Å². The first-order valence-corrected chi connectivity index (χ1v) is 9.93. The second kappa shape index (κ2) is 12.4. The average molecular weight is 494 g/mol. The molecule has 0 saturated carbocycles. The fourth-order valence-corrected chi connectivity index (χ4v) is 3.51. The monoisotopic (exact) mass is 494 g/mol. The van der Waals surface area contributed by atoms with Gasteiger partial charge in [-0.15, -0.1) is 35.3 Å². The van der Waals surface area contributed by atoms with Crippen LogP contribution in [-0.4, -0.2) is 61.0 Å². The number of nitrogens with zero attached hydrogens (tertiary/aromatic N) is 3. The smallest absolute Gasteiger partial charge is 0.233 e. The van der Waals surface area contributed by atoms with Crippen LogP contribution in [0.5, 0.6) is 0 Å². The molecule has 3 N–H and O–H groups in total. The molecule has 0 aliphatic carbocycles. The van der Waals surface area contributed by atoms with Crippen LogP contribution in [0.15, 0.2) is 10.4 Å². The highest BCUT2D eigenvalue weighted by Crippen LogP contribution is 2.12. The molecular weight excluding hydrogens is 463 g/mol. The van der Waals surface area contributed by atoms with Crippen molar-refractivity contribution in [2.24, 2.45) is 4.99 Å². The van der Waals surface area contributed by atoms with E-state index in [1.54, 1.807) is 18.4 Å². The van der Waals surface area contributed by atoms with Gasteiger partial charge in [0, 0.05) is 38.1 Å². The molecule has 1 aliphatic heterocycles. The molecule has 0 radical (unpaired) electrons. The van der Waals surface area contributed by atoms with E-state index in [9.17, 15) is 4.79 Å². The number of rotatable bonds is 7. The fraction of sp³-hybridized carbons (Fsp3) is 0.706. The van der Waals surface area contributed by atoms with Crippen LogP contribution in [0.2, 0.25) is 0 Å². The number of hydrogen-bond acceptors (Lipinski definition) is 5. The molecule has 0 spiro atoms. The molecule has 1 amide bonds. The molecule has 9 heteroatoms. The molecule has 1 saturated heterocycles. The van der Waals surface area contributed by atoms with Crippen molar-refractivity contribution in [3.05, 3.63) is 16.1 Å². The molecule has 0 bridgehead atoms. The van der Waals surface area contributed by atoms with Gasteiger partial charge in [-0.1, -0.05) is 6.92 Å². The lowest BCUT2D eigenvalue weighted by atomic mass is 10.1. The summed E-state index contributed by atoms with van der Waals surface area (Å²) in [6.45, 7) is 7.96. The Hall–Kier alpha value is -0.940. The largest absolute Gasteiger partial charge is 0.358 e. The Morgan fingerprint density at radius 2 is 2.12 bits per heavy atom. The summed E-state index contributed by atoms with van der Waals surface area (Å²) in [5, 5.41) is 12.8. The molecule has 1 aliphatic rings. The van der Waals surface area contributed by atoms with Gasteiger partial charge in [-0.2, -0.15) is 0 Å². The Balaban J connectivity index is 0.00000338. The molecule has 26 heavy (non-hydrogen) atoms. The van der Waals surface area contributed by atoms with Crippen LogP contribution >= 0.6 is 35.3 Å². The second-order valence-corrected chi connectivity index (χ2v) is 7.09. The van der Waals surface area contributed by atoms with E-state index < -0.39 is 0 Å². The Kier molecular flexibility index (Phi) is 11.1. The van der Waals surface area contributed by atoms with Crippen LogP contribution in [0.25, 0.3) is 0 Å². The van der Waals surface area contributed by atoms with Gasteiger partial charge >= 0.3 is 0 Å². The molecule has 148 valence electrons. The third-order valence-electron chi connectivity index (χ3n) is 4.22. The van der Waals surface area contributed by atoms with Gasteiger partial charge in [-0.05, 0) is 26.2 Å².